The maximum Gasteiger partial charge on any atom is 0.260 e. The largest absolute Gasteiger partial charge is 0.457 e. The highest BCUT2D eigenvalue weighted by atomic mass is 79.9. The third-order valence-electron chi connectivity index (χ3n) is 2.14. The zero-order chi connectivity index (χ0) is 12.3. The predicted molar refractivity (Wildman–Crippen MR) is 66.2 cm³/mol. The van der Waals surface area contributed by atoms with Gasteiger partial charge in [0.1, 0.15) is 6.29 Å². The van der Waals surface area contributed by atoms with E-state index in [-0.39, 0.29) is 5.91 Å². The van der Waals surface area contributed by atoms with Crippen LogP contribution in [0.1, 0.15) is 20.7 Å². The Kier molecular flexibility index (Phi) is 3.39. The lowest BCUT2D eigenvalue weighted by atomic mass is 10.2. The van der Waals surface area contributed by atoms with Crippen LogP contribution < -0.4 is 5.32 Å². The molecular weight excluding hydrogens is 286 g/mol. The van der Waals surface area contributed by atoms with E-state index < -0.39 is 0 Å². The first-order chi connectivity index (χ1) is 8.20. The van der Waals surface area contributed by atoms with Crippen molar-refractivity contribution in [2.24, 2.45) is 0 Å². The molecule has 1 N–H and O–H groups in total. The molecule has 2 rings (SSSR count). The second-order valence-corrected chi connectivity index (χ2v) is 4.03. The molecule has 0 saturated heterocycles. The van der Waals surface area contributed by atoms with Crippen molar-refractivity contribution in [3.05, 3.63) is 52.4 Å². The minimum atomic E-state index is -0.298. The Bertz CT molecular complexity index is 562. The fourth-order valence-corrected chi connectivity index (χ4v) is 1.76. The van der Waals surface area contributed by atoms with Crippen molar-refractivity contribution in [3.63, 3.8) is 0 Å². The lowest BCUT2D eigenvalue weighted by molar-refractivity contribution is 0.102. The molecule has 0 radical (unpaired) electrons. The summed E-state index contributed by atoms with van der Waals surface area (Å²) < 4.78 is 5.34. The molecule has 4 nitrogen and oxygen atoms in total. The Morgan fingerprint density at radius 1 is 1.35 bits per heavy atom. The van der Waals surface area contributed by atoms with Crippen LogP contribution in [-0.2, 0) is 0 Å². The molecule has 0 atom stereocenters. The summed E-state index contributed by atoms with van der Waals surface area (Å²) in [6.07, 6.45) is 2.14. The van der Waals surface area contributed by atoms with Crippen molar-refractivity contribution < 1.29 is 14.0 Å². The minimum Gasteiger partial charge on any atom is -0.457 e. The summed E-state index contributed by atoms with van der Waals surface area (Å²) in [6, 6.07) is 8.22. The van der Waals surface area contributed by atoms with Crippen LogP contribution in [0.25, 0.3) is 0 Å². The van der Waals surface area contributed by atoms with Gasteiger partial charge in [-0.1, -0.05) is 12.1 Å². The number of halogens is 1. The number of furan rings is 1. The van der Waals surface area contributed by atoms with E-state index >= 15 is 0 Å². The Morgan fingerprint density at radius 3 is 2.82 bits per heavy atom. The molecular formula is C12H8BrNO3. The van der Waals surface area contributed by atoms with Gasteiger partial charge in [0.15, 0.2) is 4.67 Å². The van der Waals surface area contributed by atoms with Crippen LogP contribution >= 0.6 is 15.9 Å². The molecule has 0 saturated carbocycles. The average molecular weight is 294 g/mol. The zero-order valence-electron chi connectivity index (χ0n) is 8.64. The quantitative estimate of drug-likeness (QED) is 0.885. The van der Waals surface area contributed by atoms with Crippen molar-refractivity contribution in [3.8, 4) is 0 Å². The first-order valence-corrected chi connectivity index (χ1v) is 5.59. The van der Waals surface area contributed by atoms with E-state index in [0.717, 1.165) is 6.29 Å². The number of benzene rings is 1. The topological polar surface area (TPSA) is 59.3 Å². The molecule has 0 aliphatic heterocycles. The standard InChI is InChI=1S/C12H8BrNO3/c13-11-10(4-5-17-11)12(16)14-9-3-1-2-8(6-9)7-15/h1-7H,(H,14,16). The van der Waals surface area contributed by atoms with Crippen LogP contribution in [0.2, 0.25) is 0 Å². The van der Waals surface area contributed by atoms with E-state index in [1.54, 1.807) is 30.3 Å². The van der Waals surface area contributed by atoms with Gasteiger partial charge in [-0.05, 0) is 34.1 Å². The summed E-state index contributed by atoms with van der Waals surface area (Å²) in [5.74, 6) is -0.298. The summed E-state index contributed by atoms with van der Waals surface area (Å²) in [7, 11) is 0. The molecule has 2 aromatic rings. The zero-order valence-corrected chi connectivity index (χ0v) is 10.2. The third kappa shape index (κ3) is 2.62. The number of anilines is 1. The van der Waals surface area contributed by atoms with E-state index in [0.29, 0.717) is 21.5 Å². The van der Waals surface area contributed by atoms with Crippen molar-refractivity contribution in [1.82, 2.24) is 0 Å². The summed E-state index contributed by atoms with van der Waals surface area (Å²) in [6.45, 7) is 0. The molecule has 5 heteroatoms. The lowest BCUT2D eigenvalue weighted by Gasteiger charge is -2.04. The molecule has 0 unspecified atom stereocenters. The van der Waals surface area contributed by atoms with E-state index in [4.69, 9.17) is 4.42 Å². The van der Waals surface area contributed by atoms with Gasteiger partial charge in [0.25, 0.3) is 5.91 Å². The Labute approximate surface area is 106 Å². The van der Waals surface area contributed by atoms with Gasteiger partial charge in [-0.25, -0.2) is 0 Å². The van der Waals surface area contributed by atoms with Crippen LogP contribution in [-0.4, -0.2) is 12.2 Å². The Balaban J connectivity index is 2.18. The van der Waals surface area contributed by atoms with Gasteiger partial charge in [0.05, 0.1) is 11.8 Å². The summed E-state index contributed by atoms with van der Waals surface area (Å²) in [5, 5.41) is 2.67. The predicted octanol–water partition coefficient (Wildman–Crippen LogP) is 3.11. The SMILES string of the molecule is O=Cc1cccc(NC(=O)c2ccoc2Br)c1. The molecule has 17 heavy (non-hydrogen) atoms. The Morgan fingerprint density at radius 2 is 2.18 bits per heavy atom. The van der Waals surface area contributed by atoms with Crippen LogP contribution in [0, 0.1) is 0 Å². The van der Waals surface area contributed by atoms with Crippen molar-refractivity contribution in [2.45, 2.75) is 0 Å². The van der Waals surface area contributed by atoms with Gasteiger partial charge in [-0.2, -0.15) is 0 Å². The molecule has 0 spiro atoms. The molecule has 0 fully saturated rings. The number of aldehydes is 1. The number of nitrogens with one attached hydrogen (secondary N) is 1. The number of amides is 1. The molecule has 0 aliphatic carbocycles. The number of carbonyl (C=O) groups excluding carboxylic acids is 2. The van der Waals surface area contributed by atoms with E-state index in [1.807, 2.05) is 0 Å². The number of rotatable bonds is 3. The first-order valence-electron chi connectivity index (χ1n) is 4.80. The molecule has 86 valence electrons. The molecule has 1 aromatic heterocycles. The van der Waals surface area contributed by atoms with Gasteiger partial charge >= 0.3 is 0 Å². The minimum absolute atomic E-state index is 0.298. The maximum atomic E-state index is 11.8. The smallest absolute Gasteiger partial charge is 0.260 e. The fraction of sp³-hybridized carbons (Fsp3) is 0. The van der Waals surface area contributed by atoms with Crippen LogP contribution in [0.5, 0.6) is 0 Å². The van der Waals surface area contributed by atoms with Gasteiger partial charge in [-0.15, -0.1) is 0 Å². The monoisotopic (exact) mass is 293 g/mol. The van der Waals surface area contributed by atoms with E-state index in [9.17, 15) is 9.59 Å². The van der Waals surface area contributed by atoms with Crippen LogP contribution in [0.4, 0.5) is 5.69 Å². The molecule has 0 aliphatic rings. The average Bonchev–Trinajstić information content (AvgIpc) is 2.76. The normalized spacial score (nSPS) is 9.94. The van der Waals surface area contributed by atoms with Gasteiger partial charge in [0, 0.05) is 11.3 Å². The van der Waals surface area contributed by atoms with Gasteiger partial charge in [-0.3, -0.25) is 9.59 Å². The van der Waals surface area contributed by atoms with E-state index in [2.05, 4.69) is 21.2 Å². The van der Waals surface area contributed by atoms with Crippen LogP contribution in [0.15, 0.2) is 45.7 Å². The second kappa shape index (κ2) is 4.97. The van der Waals surface area contributed by atoms with Crippen molar-refractivity contribution >= 4 is 33.8 Å². The molecule has 1 amide bonds. The highest BCUT2D eigenvalue weighted by Gasteiger charge is 2.12. The third-order valence-corrected chi connectivity index (χ3v) is 2.76. The molecule has 1 heterocycles. The van der Waals surface area contributed by atoms with E-state index in [1.165, 1.54) is 6.26 Å². The summed E-state index contributed by atoms with van der Waals surface area (Å²) in [4.78, 5) is 22.4. The Hall–Kier alpha value is -1.88. The highest BCUT2D eigenvalue weighted by molar-refractivity contribution is 9.10. The second-order valence-electron chi connectivity index (χ2n) is 3.31. The van der Waals surface area contributed by atoms with Crippen LogP contribution in [0.3, 0.4) is 0 Å². The number of hydrogen-bond donors (Lipinski definition) is 1. The summed E-state index contributed by atoms with van der Waals surface area (Å²) in [5.41, 5.74) is 1.48. The molecule has 1 aromatic carbocycles. The van der Waals surface area contributed by atoms with Crippen molar-refractivity contribution in [2.75, 3.05) is 5.32 Å². The number of carbonyl (C=O) groups is 2. The van der Waals surface area contributed by atoms with Gasteiger partial charge < -0.3 is 9.73 Å². The highest BCUT2D eigenvalue weighted by Crippen LogP contribution is 2.19. The summed E-state index contributed by atoms with van der Waals surface area (Å²) >= 11 is 3.12. The van der Waals surface area contributed by atoms with Gasteiger partial charge in [0.2, 0.25) is 0 Å². The fourth-order valence-electron chi connectivity index (χ4n) is 1.34. The molecule has 0 bridgehead atoms. The first kappa shape index (κ1) is 11.6. The van der Waals surface area contributed by atoms with Crippen molar-refractivity contribution in [1.29, 1.82) is 0 Å². The number of hydrogen-bond acceptors (Lipinski definition) is 3. The lowest BCUT2D eigenvalue weighted by Crippen LogP contribution is -2.11. The maximum absolute atomic E-state index is 11.8.